The molecule has 0 spiro atoms. The predicted molar refractivity (Wildman–Crippen MR) is 150 cm³/mol. The number of aliphatic hydroxyl groups is 1. The molecule has 11 heteroatoms. The Morgan fingerprint density at radius 2 is 1.66 bits per heavy atom. The summed E-state index contributed by atoms with van der Waals surface area (Å²) in [5.74, 6) is -3.98. The number of aromatic nitrogens is 1. The molecule has 4 aromatic rings. The van der Waals surface area contributed by atoms with E-state index in [1.807, 2.05) is 36.4 Å². The van der Waals surface area contributed by atoms with Gasteiger partial charge in [0, 0.05) is 28.9 Å². The first-order valence-electron chi connectivity index (χ1n) is 12.5. The number of ether oxygens (including phenoxy) is 1. The summed E-state index contributed by atoms with van der Waals surface area (Å²) in [6, 6.07) is 19.0. The van der Waals surface area contributed by atoms with Gasteiger partial charge in [-0.05, 0) is 29.1 Å². The van der Waals surface area contributed by atoms with E-state index < -0.39 is 35.4 Å². The lowest BCUT2D eigenvalue weighted by Crippen LogP contribution is -2.58. The molecule has 0 bridgehead atoms. The molecule has 0 aliphatic carbocycles. The number of carbonyl (C=O) groups is 3. The first kappa shape index (κ1) is 27.5. The van der Waals surface area contributed by atoms with Crippen LogP contribution in [0.2, 0.25) is 0 Å². The molecule has 10 nitrogen and oxygen atoms in total. The number of carboxylic acids is 2. The third-order valence-electron chi connectivity index (χ3n) is 6.64. The number of carboxylic acid groups (broad SMARTS) is 2. The molecule has 3 aromatic carbocycles. The van der Waals surface area contributed by atoms with E-state index in [1.54, 1.807) is 36.4 Å². The van der Waals surface area contributed by atoms with Crippen LogP contribution < -0.4 is 10.1 Å². The molecule has 0 saturated carbocycles. The van der Waals surface area contributed by atoms with Crippen molar-refractivity contribution in [3.63, 3.8) is 0 Å². The number of amides is 1. The molecule has 2 heterocycles. The maximum absolute atomic E-state index is 13.0. The summed E-state index contributed by atoms with van der Waals surface area (Å²) in [6.07, 6.45) is 2.51. The fourth-order valence-electron chi connectivity index (χ4n) is 4.59. The Morgan fingerprint density at radius 3 is 2.37 bits per heavy atom. The number of alkyl halides is 1. The number of halogens is 1. The SMILES string of the molecule is O=C(NC(C(=O)O)C(C(=O)O)N1C=C(O)c2cc(OCc3ccccc3)ccc2[C@H]1Cl)c1cc2ccccc2cn1. The highest BCUT2D eigenvalue weighted by Crippen LogP contribution is 2.40. The Balaban J connectivity index is 1.40. The van der Waals surface area contributed by atoms with Gasteiger partial charge in [0.15, 0.2) is 12.1 Å². The van der Waals surface area contributed by atoms with E-state index in [1.165, 1.54) is 12.3 Å². The van der Waals surface area contributed by atoms with Crippen LogP contribution in [0.15, 0.2) is 91.3 Å². The molecule has 0 fully saturated rings. The molecule has 1 aliphatic heterocycles. The van der Waals surface area contributed by atoms with Gasteiger partial charge >= 0.3 is 11.9 Å². The average Bonchev–Trinajstić information content (AvgIpc) is 2.98. The fraction of sp³-hybridized carbons (Fsp3) is 0.133. The lowest BCUT2D eigenvalue weighted by Gasteiger charge is -2.38. The molecule has 41 heavy (non-hydrogen) atoms. The first-order chi connectivity index (χ1) is 19.7. The van der Waals surface area contributed by atoms with Crippen LogP contribution in [-0.4, -0.2) is 55.1 Å². The molecular weight excluding hydrogens is 550 g/mol. The number of hydrogen-bond donors (Lipinski definition) is 4. The Kier molecular flexibility index (Phi) is 7.75. The van der Waals surface area contributed by atoms with Gasteiger partial charge in [0.2, 0.25) is 0 Å². The number of benzene rings is 3. The first-order valence-corrected chi connectivity index (χ1v) is 12.9. The van der Waals surface area contributed by atoms with Crippen LogP contribution in [0.3, 0.4) is 0 Å². The van der Waals surface area contributed by atoms with Crippen molar-refractivity contribution in [1.29, 1.82) is 0 Å². The minimum Gasteiger partial charge on any atom is -0.506 e. The molecule has 0 radical (unpaired) electrons. The topological polar surface area (TPSA) is 149 Å². The van der Waals surface area contributed by atoms with E-state index in [-0.39, 0.29) is 18.1 Å². The number of carbonyl (C=O) groups excluding carboxylic acids is 1. The molecule has 1 aliphatic rings. The third kappa shape index (κ3) is 5.78. The van der Waals surface area contributed by atoms with Crippen molar-refractivity contribution in [3.8, 4) is 5.75 Å². The fourth-order valence-corrected chi connectivity index (χ4v) is 4.96. The summed E-state index contributed by atoms with van der Waals surface area (Å²) < 4.78 is 5.82. The number of hydrogen-bond acceptors (Lipinski definition) is 7. The van der Waals surface area contributed by atoms with Crippen molar-refractivity contribution in [2.45, 2.75) is 24.2 Å². The second-order valence-electron chi connectivity index (χ2n) is 9.31. The molecule has 1 amide bonds. The highest BCUT2D eigenvalue weighted by Gasteiger charge is 2.43. The Hall–Kier alpha value is -5.09. The van der Waals surface area contributed by atoms with Gasteiger partial charge in [-0.3, -0.25) is 9.78 Å². The monoisotopic (exact) mass is 573 g/mol. The van der Waals surface area contributed by atoms with E-state index in [4.69, 9.17) is 16.3 Å². The van der Waals surface area contributed by atoms with E-state index >= 15 is 0 Å². The summed E-state index contributed by atoms with van der Waals surface area (Å²) in [5, 5.41) is 34.6. The number of fused-ring (bicyclic) bond motifs is 2. The summed E-state index contributed by atoms with van der Waals surface area (Å²) in [4.78, 5) is 42.7. The number of nitrogens with one attached hydrogen (secondary N) is 1. The normalized spacial score (nSPS) is 15.8. The van der Waals surface area contributed by atoms with Crippen molar-refractivity contribution in [1.82, 2.24) is 15.2 Å². The second-order valence-corrected chi connectivity index (χ2v) is 9.72. The number of nitrogens with zero attached hydrogens (tertiary/aromatic N) is 2. The quantitative estimate of drug-likeness (QED) is 0.167. The van der Waals surface area contributed by atoms with Gasteiger partial charge < -0.3 is 30.3 Å². The van der Waals surface area contributed by atoms with Crippen LogP contribution >= 0.6 is 11.6 Å². The molecule has 2 unspecified atom stereocenters. The molecular formula is C30H24ClN3O7. The highest BCUT2D eigenvalue weighted by molar-refractivity contribution is 6.21. The standard InChI is InChI=1S/C30H24ClN3O7/c31-27-21-11-10-20(41-16-17-6-2-1-3-7-17)13-22(21)24(35)15-34(27)26(30(39)40)25(29(37)38)33-28(36)23-12-18-8-4-5-9-19(18)14-32-23/h1-15,25-27,35H,16H2,(H,33,36)(H,37,38)(H,39,40)/t25?,26?,27-/m0/s1. The average molecular weight is 574 g/mol. The number of aliphatic carboxylic acids is 2. The number of pyridine rings is 1. The molecule has 1 aromatic heterocycles. The maximum Gasteiger partial charge on any atom is 0.329 e. The Morgan fingerprint density at radius 1 is 0.951 bits per heavy atom. The lowest BCUT2D eigenvalue weighted by molar-refractivity contribution is -0.151. The zero-order chi connectivity index (χ0) is 29.1. The van der Waals surface area contributed by atoms with Crippen molar-refractivity contribution >= 4 is 46.0 Å². The summed E-state index contributed by atoms with van der Waals surface area (Å²) in [5.41, 5.74) is 0.287. The zero-order valence-electron chi connectivity index (χ0n) is 21.3. The van der Waals surface area contributed by atoms with Crippen LogP contribution in [0, 0.1) is 0 Å². The molecule has 4 N–H and O–H groups in total. The predicted octanol–water partition coefficient (Wildman–Crippen LogP) is 4.56. The third-order valence-corrected chi connectivity index (χ3v) is 7.11. The highest BCUT2D eigenvalue weighted by atomic mass is 35.5. The summed E-state index contributed by atoms with van der Waals surface area (Å²) in [6.45, 7) is 0.285. The van der Waals surface area contributed by atoms with Crippen LogP contribution in [0.1, 0.15) is 32.7 Å². The van der Waals surface area contributed by atoms with Crippen LogP contribution in [0.5, 0.6) is 5.75 Å². The van der Waals surface area contributed by atoms with Crippen molar-refractivity contribution in [2.75, 3.05) is 0 Å². The van der Waals surface area contributed by atoms with Crippen LogP contribution in [-0.2, 0) is 16.2 Å². The van der Waals surface area contributed by atoms with Gasteiger partial charge in [-0.25, -0.2) is 9.59 Å². The maximum atomic E-state index is 13.0. The smallest absolute Gasteiger partial charge is 0.329 e. The minimum absolute atomic E-state index is 0.0908. The van der Waals surface area contributed by atoms with Gasteiger partial charge in [0.25, 0.3) is 5.91 Å². The van der Waals surface area contributed by atoms with Gasteiger partial charge in [0.1, 0.15) is 29.3 Å². The van der Waals surface area contributed by atoms with Gasteiger partial charge in [-0.2, -0.15) is 0 Å². The Labute approximate surface area is 239 Å². The lowest BCUT2D eigenvalue weighted by atomic mass is 9.98. The molecule has 208 valence electrons. The van der Waals surface area contributed by atoms with E-state index in [2.05, 4.69) is 10.3 Å². The van der Waals surface area contributed by atoms with E-state index in [0.717, 1.165) is 22.0 Å². The van der Waals surface area contributed by atoms with Gasteiger partial charge in [-0.15, -0.1) is 0 Å². The molecule has 3 atom stereocenters. The Bertz CT molecular complexity index is 1660. The summed E-state index contributed by atoms with van der Waals surface area (Å²) >= 11 is 6.66. The van der Waals surface area contributed by atoms with E-state index in [0.29, 0.717) is 22.3 Å². The number of rotatable bonds is 9. The minimum atomic E-state index is -1.95. The van der Waals surface area contributed by atoms with Gasteiger partial charge in [-0.1, -0.05) is 72.3 Å². The van der Waals surface area contributed by atoms with Gasteiger partial charge in [0.05, 0.1) is 0 Å². The number of aliphatic hydroxyl groups excluding tert-OH is 1. The zero-order valence-corrected chi connectivity index (χ0v) is 22.1. The largest absolute Gasteiger partial charge is 0.506 e. The van der Waals surface area contributed by atoms with Crippen LogP contribution in [0.4, 0.5) is 0 Å². The summed E-state index contributed by atoms with van der Waals surface area (Å²) in [7, 11) is 0. The van der Waals surface area contributed by atoms with Crippen molar-refractivity contribution in [3.05, 3.63) is 114 Å². The van der Waals surface area contributed by atoms with Crippen LogP contribution in [0.25, 0.3) is 16.5 Å². The second kappa shape index (κ2) is 11.6. The van der Waals surface area contributed by atoms with Crippen molar-refractivity contribution in [2.24, 2.45) is 0 Å². The molecule has 5 rings (SSSR count). The van der Waals surface area contributed by atoms with E-state index in [9.17, 15) is 29.7 Å². The molecule has 0 saturated heterocycles. The van der Waals surface area contributed by atoms with Crippen molar-refractivity contribution < 1.29 is 34.4 Å².